The molecule has 0 saturated heterocycles. The summed E-state index contributed by atoms with van der Waals surface area (Å²) in [4.78, 5) is 23.2. The van der Waals surface area contributed by atoms with Crippen LogP contribution in [0, 0.1) is 0 Å². The lowest BCUT2D eigenvalue weighted by atomic mass is 10.0. The average Bonchev–Trinajstić information content (AvgIpc) is 2.69. The van der Waals surface area contributed by atoms with Crippen molar-refractivity contribution in [2.75, 3.05) is 12.8 Å². The van der Waals surface area contributed by atoms with Crippen molar-refractivity contribution >= 4 is 11.7 Å². The van der Waals surface area contributed by atoms with Crippen LogP contribution in [0.5, 0.6) is 0 Å². The van der Waals surface area contributed by atoms with Gasteiger partial charge in [-0.2, -0.15) is 0 Å². The van der Waals surface area contributed by atoms with E-state index in [-0.39, 0.29) is 11.9 Å². The molecule has 0 unspecified atom stereocenters. The molecule has 0 aliphatic carbocycles. The molecule has 2 N–H and O–H groups in total. The third-order valence-electron chi connectivity index (χ3n) is 4.44. The van der Waals surface area contributed by atoms with Gasteiger partial charge < -0.3 is 10.6 Å². The van der Waals surface area contributed by atoms with Crippen molar-refractivity contribution in [2.45, 2.75) is 19.4 Å². The van der Waals surface area contributed by atoms with Crippen LogP contribution in [0.1, 0.15) is 35.3 Å². The molecule has 5 nitrogen and oxygen atoms in total. The lowest BCUT2D eigenvalue weighted by molar-refractivity contribution is 0.0726. The number of amides is 1. The van der Waals surface area contributed by atoms with Crippen LogP contribution in [-0.2, 0) is 0 Å². The lowest BCUT2D eigenvalue weighted by Crippen LogP contribution is -2.31. The fourth-order valence-electron chi connectivity index (χ4n) is 3.05. The SMILES string of the molecule is CC[C@H](c1ccccc1)N(C)C(=O)c1cccc(-c2cnc(N)cn2)c1. The minimum atomic E-state index is -0.0223. The summed E-state index contributed by atoms with van der Waals surface area (Å²) in [5.41, 5.74) is 8.87. The summed E-state index contributed by atoms with van der Waals surface area (Å²) < 4.78 is 0. The van der Waals surface area contributed by atoms with Crippen molar-refractivity contribution in [1.29, 1.82) is 0 Å². The Kier molecular flexibility index (Phi) is 5.27. The summed E-state index contributed by atoms with van der Waals surface area (Å²) in [7, 11) is 1.85. The molecular weight excluding hydrogens is 324 g/mol. The van der Waals surface area contributed by atoms with E-state index < -0.39 is 0 Å². The van der Waals surface area contributed by atoms with Crippen LogP contribution in [0.15, 0.2) is 67.0 Å². The number of nitrogens with two attached hydrogens (primary N) is 1. The summed E-state index contributed by atoms with van der Waals surface area (Å²) in [6.07, 6.45) is 3.97. The third kappa shape index (κ3) is 3.72. The molecule has 0 bridgehead atoms. The first kappa shape index (κ1) is 17.6. The molecule has 0 aliphatic heterocycles. The van der Waals surface area contributed by atoms with E-state index in [0.29, 0.717) is 17.1 Å². The van der Waals surface area contributed by atoms with E-state index in [1.165, 1.54) is 6.20 Å². The fourth-order valence-corrected chi connectivity index (χ4v) is 3.05. The van der Waals surface area contributed by atoms with Crippen LogP contribution in [0.2, 0.25) is 0 Å². The Hall–Kier alpha value is -3.21. The van der Waals surface area contributed by atoms with Crippen molar-refractivity contribution < 1.29 is 4.79 Å². The average molecular weight is 346 g/mol. The Labute approximate surface area is 153 Å². The lowest BCUT2D eigenvalue weighted by Gasteiger charge is -2.28. The van der Waals surface area contributed by atoms with Gasteiger partial charge in [0.25, 0.3) is 5.91 Å². The third-order valence-corrected chi connectivity index (χ3v) is 4.44. The van der Waals surface area contributed by atoms with Gasteiger partial charge in [0, 0.05) is 18.2 Å². The Bertz CT molecular complexity index is 878. The van der Waals surface area contributed by atoms with Gasteiger partial charge in [0.1, 0.15) is 5.82 Å². The van der Waals surface area contributed by atoms with Gasteiger partial charge in [-0.3, -0.25) is 9.78 Å². The molecule has 132 valence electrons. The highest BCUT2D eigenvalue weighted by molar-refractivity contribution is 5.95. The molecule has 0 aliphatic rings. The van der Waals surface area contributed by atoms with Crippen molar-refractivity contribution in [3.8, 4) is 11.3 Å². The molecule has 2 aromatic carbocycles. The monoisotopic (exact) mass is 346 g/mol. The number of carbonyl (C=O) groups is 1. The second-order valence-corrected chi connectivity index (χ2v) is 6.16. The maximum atomic E-state index is 13.0. The summed E-state index contributed by atoms with van der Waals surface area (Å²) in [6, 6.07) is 17.5. The summed E-state index contributed by atoms with van der Waals surface area (Å²) >= 11 is 0. The van der Waals surface area contributed by atoms with Crippen LogP contribution >= 0.6 is 0 Å². The summed E-state index contributed by atoms with van der Waals surface area (Å²) in [5, 5.41) is 0. The highest BCUT2D eigenvalue weighted by Crippen LogP contribution is 2.25. The van der Waals surface area contributed by atoms with Gasteiger partial charge in [0.2, 0.25) is 0 Å². The first-order valence-corrected chi connectivity index (χ1v) is 8.60. The van der Waals surface area contributed by atoms with E-state index >= 15 is 0 Å². The van der Waals surface area contributed by atoms with E-state index in [1.807, 2.05) is 49.5 Å². The molecule has 3 aromatic rings. The maximum absolute atomic E-state index is 13.0. The van der Waals surface area contributed by atoms with E-state index in [4.69, 9.17) is 5.73 Å². The number of hydrogen-bond acceptors (Lipinski definition) is 4. The topological polar surface area (TPSA) is 72.1 Å². The molecule has 3 rings (SSSR count). The van der Waals surface area contributed by atoms with E-state index in [1.54, 1.807) is 11.1 Å². The number of benzene rings is 2. The van der Waals surface area contributed by atoms with Gasteiger partial charge in [-0.1, -0.05) is 49.4 Å². The largest absolute Gasteiger partial charge is 0.382 e. The minimum Gasteiger partial charge on any atom is -0.382 e. The van der Waals surface area contributed by atoms with Crippen molar-refractivity contribution in [3.63, 3.8) is 0 Å². The number of hydrogen-bond donors (Lipinski definition) is 1. The first-order valence-electron chi connectivity index (χ1n) is 8.60. The normalized spacial score (nSPS) is 11.8. The zero-order valence-corrected chi connectivity index (χ0v) is 15.0. The second-order valence-electron chi connectivity index (χ2n) is 6.16. The van der Waals surface area contributed by atoms with Crippen LogP contribution in [0.3, 0.4) is 0 Å². The molecule has 0 fully saturated rings. The predicted octanol–water partition coefficient (Wildman–Crippen LogP) is 3.95. The Morgan fingerprint density at radius 1 is 1.08 bits per heavy atom. The number of aromatic nitrogens is 2. The van der Waals surface area contributed by atoms with Crippen LogP contribution < -0.4 is 5.73 Å². The van der Waals surface area contributed by atoms with Gasteiger partial charge in [-0.25, -0.2) is 4.98 Å². The maximum Gasteiger partial charge on any atom is 0.254 e. The Morgan fingerprint density at radius 2 is 1.85 bits per heavy atom. The predicted molar refractivity (Wildman–Crippen MR) is 103 cm³/mol. The first-order chi connectivity index (χ1) is 12.6. The zero-order chi connectivity index (χ0) is 18.5. The fraction of sp³-hybridized carbons (Fsp3) is 0.190. The van der Waals surface area contributed by atoms with Gasteiger partial charge >= 0.3 is 0 Å². The standard InChI is InChI=1S/C21H22N4O/c1-3-19(15-8-5-4-6-9-15)25(2)21(26)17-11-7-10-16(12-17)18-13-24-20(22)14-23-18/h4-14,19H,3H2,1-2H3,(H2,22,24)/t19-/m1/s1. The molecule has 26 heavy (non-hydrogen) atoms. The number of nitrogens with zero attached hydrogens (tertiary/aromatic N) is 3. The van der Waals surface area contributed by atoms with E-state index in [9.17, 15) is 4.79 Å². The quantitative estimate of drug-likeness (QED) is 0.759. The molecule has 0 spiro atoms. The molecule has 0 radical (unpaired) electrons. The minimum absolute atomic E-state index is 0.0223. The summed E-state index contributed by atoms with van der Waals surface area (Å²) in [6.45, 7) is 2.09. The second kappa shape index (κ2) is 7.78. The highest BCUT2D eigenvalue weighted by Gasteiger charge is 2.21. The van der Waals surface area contributed by atoms with Crippen molar-refractivity contribution in [2.24, 2.45) is 0 Å². The number of nitrogen functional groups attached to an aromatic ring is 1. The molecule has 0 saturated carbocycles. The molecular formula is C21H22N4O. The molecule has 1 atom stereocenters. The van der Waals surface area contributed by atoms with E-state index in [2.05, 4.69) is 29.0 Å². The molecule has 1 amide bonds. The number of carbonyl (C=O) groups excluding carboxylic acids is 1. The van der Waals surface area contributed by atoms with Gasteiger partial charge in [-0.15, -0.1) is 0 Å². The van der Waals surface area contributed by atoms with Gasteiger partial charge in [-0.05, 0) is 24.1 Å². The smallest absolute Gasteiger partial charge is 0.254 e. The van der Waals surface area contributed by atoms with E-state index in [0.717, 1.165) is 17.5 Å². The van der Waals surface area contributed by atoms with Gasteiger partial charge in [0.15, 0.2) is 0 Å². The van der Waals surface area contributed by atoms with Crippen molar-refractivity contribution in [1.82, 2.24) is 14.9 Å². The zero-order valence-electron chi connectivity index (χ0n) is 15.0. The highest BCUT2D eigenvalue weighted by atomic mass is 16.2. The van der Waals surface area contributed by atoms with Crippen molar-refractivity contribution in [3.05, 3.63) is 78.1 Å². The molecule has 1 aromatic heterocycles. The Balaban J connectivity index is 1.87. The Morgan fingerprint density at radius 3 is 2.50 bits per heavy atom. The number of rotatable bonds is 5. The van der Waals surface area contributed by atoms with Crippen LogP contribution in [0.25, 0.3) is 11.3 Å². The molecule has 1 heterocycles. The van der Waals surface area contributed by atoms with Gasteiger partial charge in [0.05, 0.1) is 24.1 Å². The van der Waals surface area contributed by atoms with Crippen LogP contribution in [-0.4, -0.2) is 27.8 Å². The summed E-state index contributed by atoms with van der Waals surface area (Å²) in [5.74, 6) is 0.348. The molecule has 5 heteroatoms. The van der Waals surface area contributed by atoms with Crippen LogP contribution in [0.4, 0.5) is 5.82 Å². The number of anilines is 1.